The van der Waals surface area contributed by atoms with Gasteiger partial charge in [-0.3, -0.25) is 4.99 Å². The Labute approximate surface area is 184 Å². The van der Waals surface area contributed by atoms with E-state index in [9.17, 15) is 0 Å². The molecule has 0 aromatic carbocycles. The van der Waals surface area contributed by atoms with Crippen LogP contribution < -0.4 is 49.6 Å². The zero-order chi connectivity index (χ0) is 16.5. The minimum atomic E-state index is 0. The first-order valence-electron chi connectivity index (χ1n) is 9.99. The molecule has 4 N–H and O–H groups in total. The average Bonchev–Trinajstić information content (AvgIpc) is 3.14. The second kappa shape index (κ2) is 14.2. The summed E-state index contributed by atoms with van der Waals surface area (Å²) in [4.78, 5) is 8.43. The van der Waals surface area contributed by atoms with Crippen molar-refractivity contribution in [3.8, 4) is 0 Å². The van der Waals surface area contributed by atoms with Crippen LogP contribution in [0.15, 0.2) is 16.9 Å². The first kappa shape index (κ1) is 24.2. The van der Waals surface area contributed by atoms with Crippen LogP contribution >= 0.6 is 11.8 Å². The van der Waals surface area contributed by atoms with Crippen molar-refractivity contribution >= 4 is 23.3 Å². The number of nitrogens with one attached hydrogen (secondary N) is 2. The lowest BCUT2D eigenvalue weighted by Crippen LogP contribution is -3.00. The summed E-state index contributed by atoms with van der Waals surface area (Å²) in [6.07, 6.45) is 20.1. The van der Waals surface area contributed by atoms with Crippen LogP contribution in [0.1, 0.15) is 77.0 Å². The summed E-state index contributed by atoms with van der Waals surface area (Å²) >= 11 is 1.96. The Bertz CT molecular complexity index is 470. The molecule has 0 radical (unpaired) electrons. The zero-order valence-corrected chi connectivity index (χ0v) is 19.7. The van der Waals surface area contributed by atoms with E-state index < -0.39 is 0 Å². The Morgan fingerprint density at radius 1 is 1.08 bits per heavy atom. The quantitative estimate of drug-likeness (QED) is 0.192. The smallest absolute Gasteiger partial charge is 0.332 e. The van der Waals surface area contributed by atoms with Gasteiger partial charge in [0, 0.05) is 18.2 Å². The Morgan fingerprint density at radius 2 is 1.77 bits per heavy atom. The summed E-state index contributed by atoms with van der Waals surface area (Å²) in [6.45, 7) is 0. The third-order valence-corrected chi connectivity index (χ3v) is 6.29. The number of halogens is 2. The summed E-state index contributed by atoms with van der Waals surface area (Å²) in [5, 5.41) is 7.12. The van der Waals surface area contributed by atoms with Gasteiger partial charge in [0.2, 0.25) is 5.70 Å². The normalized spacial score (nSPS) is 21.7. The van der Waals surface area contributed by atoms with Crippen molar-refractivity contribution in [2.24, 2.45) is 4.99 Å². The van der Waals surface area contributed by atoms with Gasteiger partial charge in [-0.05, 0) is 32.1 Å². The molecule has 0 amide bonds. The maximum absolute atomic E-state index is 5.12. The number of quaternary nitrogens is 1. The molecule has 2 aliphatic carbocycles. The molecule has 1 aliphatic heterocycles. The summed E-state index contributed by atoms with van der Waals surface area (Å²) in [5.41, 5.74) is 1.35. The van der Waals surface area contributed by atoms with Gasteiger partial charge in [-0.15, -0.1) is 0 Å². The summed E-state index contributed by atoms with van der Waals surface area (Å²) in [7, 11) is 0. The SMILES string of the molecule is C1=[NH+]C(CCCSC(=NC2CCCCC2)NC2CCCCC2)=C[NH2+]1.[Br-].[Br-]. The molecule has 0 unspecified atom stereocenters. The predicted molar refractivity (Wildman–Crippen MR) is 103 cm³/mol. The summed E-state index contributed by atoms with van der Waals surface area (Å²) in [5.74, 6) is 1.16. The molecule has 0 spiro atoms. The first-order valence-corrected chi connectivity index (χ1v) is 11.0. The van der Waals surface area contributed by atoms with Crippen molar-refractivity contribution in [2.45, 2.75) is 89.1 Å². The molecule has 4 nitrogen and oxygen atoms in total. The van der Waals surface area contributed by atoms with Crippen molar-refractivity contribution in [1.82, 2.24) is 5.32 Å². The minimum Gasteiger partial charge on any atom is -1.00 e. The molecular weight excluding hydrogens is 476 g/mol. The van der Waals surface area contributed by atoms with Crippen LogP contribution in [0.3, 0.4) is 0 Å². The third kappa shape index (κ3) is 8.89. The number of nitrogens with two attached hydrogens (primary N) is 1. The van der Waals surface area contributed by atoms with Crippen LogP contribution in [0.2, 0.25) is 0 Å². The predicted octanol–water partition coefficient (Wildman–Crippen LogP) is -4.35. The van der Waals surface area contributed by atoms with Gasteiger partial charge in [-0.25, -0.2) is 5.32 Å². The molecule has 0 bridgehead atoms. The molecule has 2 fully saturated rings. The van der Waals surface area contributed by atoms with Crippen LogP contribution in [0.25, 0.3) is 0 Å². The topological polar surface area (TPSA) is 55.0 Å². The third-order valence-electron chi connectivity index (χ3n) is 5.30. The number of amidine groups is 1. The van der Waals surface area contributed by atoms with E-state index in [0.29, 0.717) is 12.1 Å². The minimum absolute atomic E-state index is 0. The zero-order valence-electron chi connectivity index (χ0n) is 15.7. The molecular formula is C19H34Br2N4S. The number of rotatable bonds is 6. The van der Waals surface area contributed by atoms with Crippen molar-refractivity contribution in [3.05, 3.63) is 11.9 Å². The highest BCUT2D eigenvalue weighted by molar-refractivity contribution is 8.13. The molecule has 26 heavy (non-hydrogen) atoms. The highest BCUT2D eigenvalue weighted by Gasteiger charge is 2.18. The maximum Gasteiger partial charge on any atom is 0.332 e. The van der Waals surface area contributed by atoms with Gasteiger partial charge in [-0.1, -0.05) is 50.3 Å². The second-order valence-electron chi connectivity index (χ2n) is 7.35. The van der Waals surface area contributed by atoms with E-state index in [-0.39, 0.29) is 34.0 Å². The number of nitrogens with zero attached hydrogens (tertiary/aromatic N) is 1. The fraction of sp³-hybridized carbons (Fsp3) is 0.789. The highest BCUT2D eigenvalue weighted by Crippen LogP contribution is 2.23. The van der Waals surface area contributed by atoms with Crippen molar-refractivity contribution in [1.29, 1.82) is 0 Å². The van der Waals surface area contributed by atoms with E-state index in [1.165, 1.54) is 81.5 Å². The second-order valence-corrected chi connectivity index (χ2v) is 8.44. The molecule has 0 atom stereocenters. The summed E-state index contributed by atoms with van der Waals surface area (Å²) in [6, 6.07) is 1.23. The molecule has 2 saturated carbocycles. The molecule has 0 aromatic heterocycles. The lowest BCUT2D eigenvalue weighted by molar-refractivity contribution is -0.492. The van der Waals surface area contributed by atoms with E-state index in [2.05, 4.69) is 21.8 Å². The summed E-state index contributed by atoms with van der Waals surface area (Å²) < 4.78 is 0. The van der Waals surface area contributed by atoms with Gasteiger partial charge >= 0.3 is 6.34 Å². The van der Waals surface area contributed by atoms with E-state index >= 15 is 0 Å². The van der Waals surface area contributed by atoms with Crippen molar-refractivity contribution < 1.29 is 44.3 Å². The highest BCUT2D eigenvalue weighted by atomic mass is 79.9. The molecule has 0 saturated heterocycles. The lowest BCUT2D eigenvalue weighted by Gasteiger charge is -2.26. The monoisotopic (exact) mass is 508 g/mol. The van der Waals surface area contributed by atoms with Gasteiger partial charge in [0.1, 0.15) is 0 Å². The van der Waals surface area contributed by atoms with E-state index in [1.807, 2.05) is 18.1 Å². The molecule has 3 aliphatic rings. The van der Waals surface area contributed by atoms with Crippen LogP contribution in [0.5, 0.6) is 0 Å². The van der Waals surface area contributed by atoms with Crippen LogP contribution in [-0.4, -0.2) is 29.3 Å². The fourth-order valence-electron chi connectivity index (χ4n) is 3.87. The lowest BCUT2D eigenvalue weighted by atomic mass is 9.95. The Morgan fingerprint density at radius 3 is 2.42 bits per heavy atom. The molecule has 1 heterocycles. The fourth-order valence-corrected chi connectivity index (χ4v) is 4.82. The van der Waals surface area contributed by atoms with Gasteiger partial charge < -0.3 is 39.3 Å². The molecule has 0 aromatic rings. The van der Waals surface area contributed by atoms with Crippen LogP contribution in [0, 0.1) is 0 Å². The van der Waals surface area contributed by atoms with Crippen LogP contribution in [0.4, 0.5) is 0 Å². The standard InChI is InChI=1S/C19H32N4S.2BrH/c1-3-8-16(9-4-1)22-19(23-17-10-5-2-6-11-17)24-13-7-12-18-14-20-15-21-18;;/h14-17H,1-13H2,(H,20,21)(H,22,23);2*1H. The van der Waals surface area contributed by atoms with Gasteiger partial charge in [0.25, 0.3) is 0 Å². The molecule has 3 rings (SSSR count). The molecule has 7 heteroatoms. The number of hydrogen-bond donors (Lipinski definition) is 3. The van der Waals surface area contributed by atoms with E-state index in [1.54, 1.807) is 0 Å². The van der Waals surface area contributed by atoms with Crippen LogP contribution in [-0.2, 0) is 0 Å². The van der Waals surface area contributed by atoms with Crippen molar-refractivity contribution in [3.63, 3.8) is 0 Å². The molecule has 150 valence electrons. The number of thioether (sulfide) groups is 1. The van der Waals surface area contributed by atoms with Gasteiger partial charge in [0.15, 0.2) is 11.4 Å². The number of allylic oxidation sites excluding steroid dienone is 1. The van der Waals surface area contributed by atoms with Crippen molar-refractivity contribution in [2.75, 3.05) is 5.75 Å². The number of aliphatic imine (C=N–C) groups is 1. The Hall–Kier alpha value is 0.150. The van der Waals surface area contributed by atoms with Gasteiger partial charge in [-0.2, -0.15) is 4.99 Å². The van der Waals surface area contributed by atoms with E-state index in [4.69, 9.17) is 4.99 Å². The maximum atomic E-state index is 5.12. The average molecular weight is 510 g/mol. The van der Waals surface area contributed by atoms with E-state index in [0.717, 1.165) is 12.2 Å². The Balaban J connectivity index is 0.00000169. The Kier molecular flexibility index (Phi) is 13.2. The van der Waals surface area contributed by atoms with Gasteiger partial charge in [0.05, 0.1) is 6.04 Å². The first-order chi connectivity index (χ1) is 11.9. The largest absolute Gasteiger partial charge is 1.00 e. The number of hydrogen-bond acceptors (Lipinski definition) is 2.